The third kappa shape index (κ3) is 1.29. The number of aromatic nitrogens is 2. The van der Waals surface area contributed by atoms with Gasteiger partial charge < -0.3 is 10.2 Å². The minimum Gasteiger partial charge on any atom is -0.492 e. The van der Waals surface area contributed by atoms with Gasteiger partial charge in [0.15, 0.2) is 0 Å². The molecule has 0 amide bonds. The number of rotatable bonds is 1. The van der Waals surface area contributed by atoms with E-state index in [0.717, 1.165) is 11.3 Å². The Hall–Kier alpha value is -1.69. The van der Waals surface area contributed by atoms with Gasteiger partial charge in [0.2, 0.25) is 5.88 Å². The summed E-state index contributed by atoms with van der Waals surface area (Å²) in [6.07, 6.45) is 0. The van der Waals surface area contributed by atoms with Crippen molar-refractivity contribution < 1.29 is 15.0 Å². The van der Waals surface area contributed by atoms with Gasteiger partial charge in [-0.3, -0.25) is 0 Å². The fourth-order valence-electron chi connectivity index (χ4n) is 1.13. The van der Waals surface area contributed by atoms with Crippen LogP contribution in [0.4, 0.5) is 0 Å². The van der Waals surface area contributed by atoms with Crippen LogP contribution in [0.5, 0.6) is 5.88 Å². The fourth-order valence-corrected chi connectivity index (χ4v) is 1.96. The van der Waals surface area contributed by atoms with Crippen LogP contribution in [0.1, 0.15) is 15.5 Å². The zero-order chi connectivity index (χ0) is 10.3. The molecule has 0 bridgehead atoms. The van der Waals surface area contributed by atoms with Crippen LogP contribution in [0, 0.1) is 6.92 Å². The van der Waals surface area contributed by atoms with Gasteiger partial charge in [0.1, 0.15) is 15.4 Å². The summed E-state index contributed by atoms with van der Waals surface area (Å²) >= 11 is 0.966. The zero-order valence-electron chi connectivity index (χ0n) is 7.18. The van der Waals surface area contributed by atoms with E-state index < -0.39 is 5.97 Å². The lowest BCUT2D eigenvalue weighted by Crippen LogP contribution is -1.89. The normalized spacial score (nSPS) is 10.6. The summed E-state index contributed by atoms with van der Waals surface area (Å²) < 4.78 is 0.410. The summed E-state index contributed by atoms with van der Waals surface area (Å²) in [5.74, 6) is -0.764. The molecule has 0 fully saturated rings. The van der Waals surface area contributed by atoms with Gasteiger partial charge in [0.05, 0.1) is 5.52 Å². The predicted molar refractivity (Wildman–Crippen MR) is 50.8 cm³/mol. The van der Waals surface area contributed by atoms with Crippen LogP contribution in [0.15, 0.2) is 6.07 Å². The number of fused-ring (bicyclic) bond motifs is 1. The van der Waals surface area contributed by atoms with Crippen molar-refractivity contribution in [1.82, 2.24) is 9.97 Å². The van der Waals surface area contributed by atoms with Crippen LogP contribution < -0.4 is 0 Å². The number of carboxylic acids is 1. The second-order valence-corrected chi connectivity index (χ2v) is 3.78. The molecule has 0 aliphatic heterocycles. The molecule has 0 aliphatic carbocycles. The number of hydrogen-bond acceptors (Lipinski definition) is 5. The van der Waals surface area contributed by atoms with E-state index >= 15 is 0 Å². The van der Waals surface area contributed by atoms with Crippen molar-refractivity contribution >= 4 is 27.5 Å². The number of aryl methyl sites for hydroxylation is 1. The monoisotopic (exact) mass is 210 g/mol. The van der Waals surface area contributed by atoms with Crippen molar-refractivity contribution in [3.8, 4) is 5.88 Å². The molecule has 0 saturated heterocycles. The van der Waals surface area contributed by atoms with E-state index in [1.165, 1.54) is 6.07 Å². The number of aromatic hydroxyl groups is 1. The lowest BCUT2D eigenvalue weighted by molar-refractivity contribution is 0.0702. The van der Waals surface area contributed by atoms with Gasteiger partial charge in [0.25, 0.3) is 0 Å². The zero-order valence-corrected chi connectivity index (χ0v) is 8.00. The Morgan fingerprint density at radius 3 is 2.86 bits per heavy atom. The average Bonchev–Trinajstić information content (AvgIpc) is 2.47. The quantitative estimate of drug-likeness (QED) is 0.743. The van der Waals surface area contributed by atoms with E-state index in [1.807, 2.05) is 0 Å². The highest BCUT2D eigenvalue weighted by atomic mass is 32.1. The molecule has 0 saturated carbocycles. The Bertz CT molecular complexity index is 521. The summed E-state index contributed by atoms with van der Waals surface area (Å²) in [5.41, 5.74) is 0.470. The number of hydrogen-bond donors (Lipinski definition) is 2. The van der Waals surface area contributed by atoms with E-state index in [-0.39, 0.29) is 10.8 Å². The van der Waals surface area contributed by atoms with Crippen molar-refractivity contribution in [3.05, 3.63) is 16.8 Å². The molecule has 0 aliphatic rings. The predicted octanol–water partition coefficient (Wildman–Crippen LogP) is 1.40. The number of carbonyl (C=O) groups is 1. The minimum atomic E-state index is -1.02. The number of carboxylic acid groups (broad SMARTS) is 1. The first-order chi connectivity index (χ1) is 6.58. The molecular formula is C8H6N2O3S. The van der Waals surface area contributed by atoms with Crippen LogP contribution >= 0.6 is 11.3 Å². The van der Waals surface area contributed by atoms with Crippen LogP contribution in [-0.4, -0.2) is 26.2 Å². The van der Waals surface area contributed by atoms with Crippen LogP contribution in [0.25, 0.3) is 10.2 Å². The highest BCUT2D eigenvalue weighted by Gasteiger charge is 2.13. The second kappa shape index (κ2) is 2.91. The maximum absolute atomic E-state index is 10.6. The lowest BCUT2D eigenvalue weighted by Gasteiger charge is -1.93. The van der Waals surface area contributed by atoms with Crippen molar-refractivity contribution in [1.29, 1.82) is 0 Å². The van der Waals surface area contributed by atoms with Crippen LogP contribution in [-0.2, 0) is 0 Å². The summed E-state index contributed by atoms with van der Waals surface area (Å²) in [5, 5.41) is 18.1. The van der Waals surface area contributed by atoms with E-state index in [9.17, 15) is 9.90 Å². The first kappa shape index (κ1) is 8.89. The molecule has 0 spiro atoms. The van der Waals surface area contributed by atoms with Crippen molar-refractivity contribution in [3.63, 3.8) is 0 Å². The van der Waals surface area contributed by atoms with E-state index in [2.05, 4.69) is 9.97 Å². The number of nitrogens with zero attached hydrogens (tertiary/aromatic N) is 2. The van der Waals surface area contributed by atoms with E-state index in [1.54, 1.807) is 6.92 Å². The molecule has 14 heavy (non-hydrogen) atoms. The van der Waals surface area contributed by atoms with Crippen LogP contribution in [0.3, 0.4) is 0 Å². The first-order valence-electron chi connectivity index (χ1n) is 3.78. The minimum absolute atomic E-state index is 0.148. The van der Waals surface area contributed by atoms with Crippen molar-refractivity contribution in [2.45, 2.75) is 6.92 Å². The molecule has 2 aromatic rings. The Kier molecular flexibility index (Phi) is 1.85. The topological polar surface area (TPSA) is 83.3 Å². The first-order valence-corrected chi connectivity index (χ1v) is 4.60. The highest BCUT2D eigenvalue weighted by molar-refractivity contribution is 7.21. The number of thiophene rings is 1. The molecular weight excluding hydrogens is 204 g/mol. The molecule has 0 unspecified atom stereocenters. The van der Waals surface area contributed by atoms with Gasteiger partial charge in [-0.1, -0.05) is 0 Å². The van der Waals surface area contributed by atoms with Crippen molar-refractivity contribution in [2.24, 2.45) is 0 Å². The Labute approximate surface area is 82.7 Å². The molecule has 2 heterocycles. The maximum atomic E-state index is 10.6. The summed E-state index contributed by atoms with van der Waals surface area (Å²) in [6.45, 7) is 1.64. The molecule has 0 radical (unpaired) electrons. The second-order valence-electron chi connectivity index (χ2n) is 2.72. The molecule has 2 aromatic heterocycles. The Balaban J connectivity index is 2.76. The standard InChI is InChI=1S/C8H6N2O3S/c1-3-9-4-2-5(8(12)13)14-6(4)7(11)10-3/h2H,1H3,(H,12,13)(H,9,10,11). The van der Waals surface area contributed by atoms with Gasteiger partial charge in [-0.05, 0) is 13.0 Å². The van der Waals surface area contributed by atoms with Crippen LogP contribution in [0.2, 0.25) is 0 Å². The SMILES string of the molecule is Cc1nc(O)c2sc(C(=O)O)cc2n1. The average molecular weight is 210 g/mol. The van der Waals surface area contributed by atoms with Gasteiger partial charge in [0, 0.05) is 0 Å². The Morgan fingerprint density at radius 1 is 1.50 bits per heavy atom. The molecule has 2 rings (SSSR count). The number of aromatic carboxylic acids is 1. The summed E-state index contributed by atoms with van der Waals surface area (Å²) in [4.78, 5) is 18.5. The Morgan fingerprint density at radius 2 is 2.21 bits per heavy atom. The molecule has 72 valence electrons. The summed E-state index contributed by atoms with van der Waals surface area (Å²) in [6, 6.07) is 1.43. The van der Waals surface area contributed by atoms with Gasteiger partial charge in [-0.25, -0.2) is 9.78 Å². The largest absolute Gasteiger partial charge is 0.492 e. The maximum Gasteiger partial charge on any atom is 0.345 e. The highest BCUT2D eigenvalue weighted by Crippen LogP contribution is 2.30. The van der Waals surface area contributed by atoms with Gasteiger partial charge in [-0.2, -0.15) is 4.98 Å². The smallest absolute Gasteiger partial charge is 0.345 e. The van der Waals surface area contributed by atoms with Crippen molar-refractivity contribution in [2.75, 3.05) is 0 Å². The fraction of sp³-hybridized carbons (Fsp3) is 0.125. The third-order valence-corrected chi connectivity index (χ3v) is 2.78. The lowest BCUT2D eigenvalue weighted by atomic mass is 10.4. The molecule has 0 aromatic carbocycles. The molecule has 2 N–H and O–H groups in total. The molecule has 6 heteroatoms. The van der Waals surface area contributed by atoms with Gasteiger partial charge in [-0.15, -0.1) is 11.3 Å². The molecule has 0 atom stereocenters. The van der Waals surface area contributed by atoms with E-state index in [4.69, 9.17) is 5.11 Å². The summed E-state index contributed by atoms with van der Waals surface area (Å²) in [7, 11) is 0. The van der Waals surface area contributed by atoms with E-state index in [0.29, 0.717) is 16.0 Å². The third-order valence-electron chi connectivity index (χ3n) is 1.68. The molecule has 5 nitrogen and oxygen atoms in total. The van der Waals surface area contributed by atoms with Gasteiger partial charge >= 0.3 is 5.97 Å².